The van der Waals surface area contributed by atoms with Gasteiger partial charge < -0.3 is 10.2 Å². The average Bonchev–Trinajstić information content (AvgIpc) is 2.45. The summed E-state index contributed by atoms with van der Waals surface area (Å²) in [6.07, 6.45) is 0.879. The van der Waals surface area contributed by atoms with Crippen molar-refractivity contribution in [2.75, 3.05) is 24.7 Å². The first-order chi connectivity index (χ1) is 10.9. The fourth-order valence-corrected chi connectivity index (χ4v) is 5.49. The highest BCUT2D eigenvalue weighted by atomic mass is 79.9. The highest BCUT2D eigenvalue weighted by Gasteiger charge is 2.32. The van der Waals surface area contributed by atoms with Gasteiger partial charge in [0.15, 0.2) is 11.6 Å². The van der Waals surface area contributed by atoms with E-state index in [1.807, 2.05) is 27.7 Å². The van der Waals surface area contributed by atoms with Gasteiger partial charge in [0, 0.05) is 36.6 Å². The first kappa shape index (κ1) is 24.9. The lowest BCUT2D eigenvalue weighted by Crippen LogP contribution is -2.34. The molecular weight excluding hydrogens is 480 g/mol. The van der Waals surface area contributed by atoms with Gasteiger partial charge in [-0.2, -0.15) is 0 Å². The second-order valence-corrected chi connectivity index (χ2v) is 13.2. The van der Waals surface area contributed by atoms with Gasteiger partial charge in [0.05, 0.1) is 8.65 Å². The molecule has 2 atom stereocenters. The van der Waals surface area contributed by atoms with Gasteiger partial charge in [0.1, 0.15) is 0 Å². The largest absolute Gasteiger partial charge is 0.396 e. The Labute approximate surface area is 170 Å². The minimum Gasteiger partial charge on any atom is -0.396 e. The van der Waals surface area contributed by atoms with Crippen LogP contribution in [0.3, 0.4) is 0 Å². The van der Waals surface area contributed by atoms with E-state index in [0.717, 1.165) is 0 Å². The first-order valence-electron chi connectivity index (χ1n) is 7.87. The number of aliphatic hydroxyl groups excluding tert-OH is 2. The van der Waals surface area contributed by atoms with Crippen LogP contribution in [0.5, 0.6) is 0 Å². The summed E-state index contributed by atoms with van der Waals surface area (Å²) < 4.78 is -1.21. The summed E-state index contributed by atoms with van der Waals surface area (Å²) in [5, 5.41) is 18.3. The van der Waals surface area contributed by atoms with E-state index in [9.17, 15) is 9.59 Å². The molecule has 2 N–H and O–H groups in total. The Morgan fingerprint density at radius 3 is 1.33 bits per heavy atom. The van der Waals surface area contributed by atoms with Gasteiger partial charge in [-0.05, 0) is 40.5 Å². The number of ketones is 2. The molecule has 0 aliphatic rings. The Morgan fingerprint density at radius 1 is 0.833 bits per heavy atom. The van der Waals surface area contributed by atoms with E-state index in [2.05, 4.69) is 31.9 Å². The molecule has 0 aliphatic heterocycles. The summed E-state index contributed by atoms with van der Waals surface area (Å²) in [4.78, 5) is 24.7. The standard InChI is InChI=1S/C16H28Br2O4S2/c1-15(2,17)13(21)11(5-7-19)9-23-24-10-12(6-8-20)14(22)16(3,4)18/h11-12,19-20H,5-10H2,1-4H3. The van der Waals surface area contributed by atoms with Crippen LogP contribution in [0.25, 0.3) is 0 Å². The Kier molecular flexibility index (Phi) is 12.0. The van der Waals surface area contributed by atoms with Crippen molar-refractivity contribution in [3.05, 3.63) is 0 Å². The van der Waals surface area contributed by atoms with Crippen LogP contribution in [0, 0.1) is 11.8 Å². The molecular formula is C16H28Br2O4S2. The molecule has 0 radical (unpaired) electrons. The van der Waals surface area contributed by atoms with Gasteiger partial charge in [0.2, 0.25) is 0 Å². The van der Waals surface area contributed by atoms with E-state index in [4.69, 9.17) is 10.2 Å². The molecule has 2 unspecified atom stereocenters. The average molecular weight is 508 g/mol. The fraction of sp³-hybridized carbons (Fsp3) is 0.875. The molecule has 142 valence electrons. The highest BCUT2D eigenvalue weighted by Crippen LogP contribution is 2.33. The number of hydrogen-bond donors (Lipinski definition) is 2. The third-order valence-corrected chi connectivity index (χ3v) is 6.83. The first-order valence-corrected chi connectivity index (χ1v) is 11.9. The van der Waals surface area contributed by atoms with Crippen molar-refractivity contribution in [1.82, 2.24) is 0 Å². The number of Topliss-reactive ketones (excluding diaryl/α,β-unsaturated/α-hetero) is 2. The molecule has 0 bridgehead atoms. The molecule has 0 saturated carbocycles. The summed E-state index contributed by atoms with van der Waals surface area (Å²) >= 11 is 6.77. The number of carbonyl (C=O) groups excluding carboxylic acids is 2. The molecule has 0 amide bonds. The van der Waals surface area contributed by atoms with Gasteiger partial charge in [-0.3, -0.25) is 9.59 Å². The Balaban J connectivity index is 4.54. The number of hydrogen-bond acceptors (Lipinski definition) is 6. The van der Waals surface area contributed by atoms with Gasteiger partial charge in [0.25, 0.3) is 0 Å². The minimum absolute atomic E-state index is 0.0197. The molecule has 0 aromatic heterocycles. The number of aliphatic hydroxyl groups is 2. The highest BCUT2D eigenvalue weighted by molar-refractivity contribution is 9.10. The molecule has 0 aromatic rings. The van der Waals surface area contributed by atoms with Crippen LogP contribution < -0.4 is 0 Å². The molecule has 0 aromatic carbocycles. The smallest absolute Gasteiger partial charge is 0.152 e. The molecule has 0 heterocycles. The summed E-state index contributed by atoms with van der Waals surface area (Å²) in [6, 6.07) is 0. The summed E-state index contributed by atoms with van der Waals surface area (Å²) in [6.45, 7) is 7.20. The lowest BCUT2D eigenvalue weighted by atomic mass is 9.94. The van der Waals surface area contributed by atoms with Crippen molar-refractivity contribution >= 4 is 65.0 Å². The zero-order valence-corrected chi connectivity index (χ0v) is 19.5. The second-order valence-electron chi connectivity index (χ2n) is 6.66. The number of halogens is 2. The van der Waals surface area contributed by atoms with E-state index in [1.54, 1.807) is 21.6 Å². The Hall–Kier alpha value is 0.920. The van der Waals surface area contributed by atoms with Crippen molar-refractivity contribution in [3.63, 3.8) is 0 Å². The van der Waals surface area contributed by atoms with Crippen LogP contribution in [-0.4, -0.2) is 55.1 Å². The SMILES string of the molecule is CC(C)(Br)C(=O)C(CCO)CSSCC(CCO)C(=O)C(C)(C)Br. The topological polar surface area (TPSA) is 74.6 Å². The third-order valence-electron chi connectivity index (χ3n) is 3.49. The van der Waals surface area contributed by atoms with E-state index < -0.39 is 8.65 Å². The predicted octanol–water partition coefficient (Wildman–Crippen LogP) is 3.85. The maximum Gasteiger partial charge on any atom is 0.152 e. The molecule has 24 heavy (non-hydrogen) atoms. The van der Waals surface area contributed by atoms with E-state index in [1.165, 1.54) is 0 Å². The van der Waals surface area contributed by atoms with Crippen molar-refractivity contribution in [2.45, 2.75) is 49.2 Å². The number of alkyl halides is 2. The van der Waals surface area contributed by atoms with Gasteiger partial charge >= 0.3 is 0 Å². The lowest BCUT2D eigenvalue weighted by Gasteiger charge is -2.24. The molecule has 8 heteroatoms. The van der Waals surface area contributed by atoms with Crippen molar-refractivity contribution in [2.24, 2.45) is 11.8 Å². The Morgan fingerprint density at radius 2 is 1.12 bits per heavy atom. The second kappa shape index (κ2) is 11.6. The molecule has 0 saturated heterocycles. The van der Waals surface area contributed by atoms with Crippen molar-refractivity contribution in [1.29, 1.82) is 0 Å². The van der Waals surface area contributed by atoms with Crippen LogP contribution in [0.1, 0.15) is 40.5 Å². The minimum atomic E-state index is -0.604. The Bertz CT molecular complexity index is 368. The normalized spacial score (nSPS) is 15.2. The molecule has 0 spiro atoms. The lowest BCUT2D eigenvalue weighted by molar-refractivity contribution is -0.124. The number of carbonyl (C=O) groups is 2. The predicted molar refractivity (Wildman–Crippen MR) is 111 cm³/mol. The van der Waals surface area contributed by atoms with Crippen LogP contribution in [0.2, 0.25) is 0 Å². The fourth-order valence-electron chi connectivity index (χ4n) is 2.12. The van der Waals surface area contributed by atoms with E-state index >= 15 is 0 Å². The number of rotatable bonds is 13. The summed E-state index contributed by atoms with van der Waals surface area (Å²) in [7, 11) is 3.09. The van der Waals surface area contributed by atoms with Gasteiger partial charge in [-0.25, -0.2) is 0 Å². The van der Waals surface area contributed by atoms with E-state index in [-0.39, 0.29) is 36.6 Å². The molecule has 0 aliphatic carbocycles. The van der Waals surface area contributed by atoms with Gasteiger partial charge in [-0.1, -0.05) is 53.4 Å². The third kappa shape index (κ3) is 9.57. The maximum atomic E-state index is 12.4. The summed E-state index contributed by atoms with van der Waals surface area (Å²) in [5.74, 6) is 0.902. The van der Waals surface area contributed by atoms with E-state index in [0.29, 0.717) is 24.3 Å². The molecule has 0 rings (SSSR count). The van der Waals surface area contributed by atoms with Crippen LogP contribution in [0.4, 0.5) is 0 Å². The van der Waals surface area contributed by atoms with Crippen LogP contribution in [0.15, 0.2) is 0 Å². The summed E-state index contributed by atoms with van der Waals surface area (Å²) in [5.41, 5.74) is 0. The zero-order chi connectivity index (χ0) is 19.0. The maximum absolute atomic E-state index is 12.4. The zero-order valence-electron chi connectivity index (χ0n) is 14.7. The quantitative estimate of drug-likeness (QED) is 0.224. The monoisotopic (exact) mass is 506 g/mol. The van der Waals surface area contributed by atoms with Crippen molar-refractivity contribution in [3.8, 4) is 0 Å². The molecule has 0 fully saturated rings. The van der Waals surface area contributed by atoms with Crippen LogP contribution in [-0.2, 0) is 9.59 Å². The molecule has 4 nitrogen and oxygen atoms in total. The van der Waals surface area contributed by atoms with Gasteiger partial charge in [-0.15, -0.1) is 0 Å². The van der Waals surface area contributed by atoms with Crippen molar-refractivity contribution < 1.29 is 19.8 Å². The van der Waals surface area contributed by atoms with Crippen LogP contribution >= 0.6 is 53.4 Å².